The summed E-state index contributed by atoms with van der Waals surface area (Å²) >= 11 is 1.73. The van der Waals surface area contributed by atoms with Gasteiger partial charge >= 0.3 is 0 Å². The van der Waals surface area contributed by atoms with Gasteiger partial charge in [-0.05, 0) is 17.7 Å². The van der Waals surface area contributed by atoms with Crippen molar-refractivity contribution in [2.24, 2.45) is 0 Å². The maximum Gasteiger partial charge on any atom is 0.0954 e. The van der Waals surface area contributed by atoms with Gasteiger partial charge in [0.2, 0.25) is 0 Å². The van der Waals surface area contributed by atoms with Crippen LogP contribution in [0.15, 0.2) is 35.8 Å². The Kier molecular flexibility index (Phi) is 3.59. The summed E-state index contributed by atoms with van der Waals surface area (Å²) < 4.78 is 2.19. The molecular formula is C16H18N2OS. The van der Waals surface area contributed by atoms with Crippen molar-refractivity contribution in [3.8, 4) is 0 Å². The number of thiazole rings is 1. The van der Waals surface area contributed by atoms with E-state index < -0.39 is 0 Å². The smallest absolute Gasteiger partial charge is 0.0954 e. The maximum atomic E-state index is 9.38. The van der Waals surface area contributed by atoms with Gasteiger partial charge in [-0.2, -0.15) is 0 Å². The zero-order chi connectivity index (χ0) is 14.1. The van der Waals surface area contributed by atoms with Gasteiger partial charge in [-0.1, -0.05) is 26.0 Å². The molecule has 0 unspecified atom stereocenters. The van der Waals surface area contributed by atoms with Crippen LogP contribution in [0.2, 0.25) is 0 Å². The monoisotopic (exact) mass is 286 g/mol. The Hall–Kier alpha value is -1.65. The van der Waals surface area contributed by atoms with Crippen LogP contribution < -0.4 is 0 Å². The van der Waals surface area contributed by atoms with E-state index in [1.807, 2.05) is 12.1 Å². The molecule has 0 radical (unpaired) electrons. The number of hydrogen-bond acceptors (Lipinski definition) is 3. The van der Waals surface area contributed by atoms with Gasteiger partial charge in [-0.3, -0.25) is 0 Å². The molecule has 2 heterocycles. The second-order valence-electron chi connectivity index (χ2n) is 5.28. The molecule has 3 aromatic rings. The molecule has 1 N–H and O–H groups in total. The van der Waals surface area contributed by atoms with Gasteiger partial charge in [-0.15, -0.1) is 11.3 Å². The van der Waals surface area contributed by atoms with Gasteiger partial charge in [0, 0.05) is 28.4 Å². The van der Waals surface area contributed by atoms with Crippen LogP contribution in [-0.4, -0.2) is 14.7 Å². The summed E-state index contributed by atoms with van der Waals surface area (Å²) in [5.74, 6) is 0.483. The van der Waals surface area contributed by atoms with E-state index in [1.54, 1.807) is 11.3 Å². The normalized spacial score (nSPS) is 11.6. The third-order valence-corrected chi connectivity index (χ3v) is 4.66. The summed E-state index contributed by atoms with van der Waals surface area (Å²) in [5.41, 5.74) is 3.23. The van der Waals surface area contributed by atoms with E-state index in [0.717, 1.165) is 28.7 Å². The minimum atomic E-state index is 0.0789. The number of aliphatic hydroxyl groups is 1. The lowest BCUT2D eigenvalue weighted by Crippen LogP contribution is -1.99. The lowest BCUT2D eigenvalue weighted by atomic mass is 10.1. The van der Waals surface area contributed by atoms with Crippen LogP contribution >= 0.6 is 11.3 Å². The van der Waals surface area contributed by atoms with Crippen LogP contribution in [0.25, 0.3) is 10.9 Å². The van der Waals surface area contributed by atoms with E-state index in [2.05, 4.69) is 47.1 Å². The third-order valence-electron chi connectivity index (χ3n) is 3.47. The molecule has 4 heteroatoms. The fraction of sp³-hybridized carbons (Fsp3) is 0.312. The third kappa shape index (κ3) is 2.37. The predicted molar refractivity (Wildman–Crippen MR) is 83.2 cm³/mol. The molecule has 0 amide bonds. The summed E-state index contributed by atoms with van der Waals surface area (Å²) in [7, 11) is 0. The maximum absolute atomic E-state index is 9.38. The molecule has 3 nitrogen and oxygen atoms in total. The summed E-state index contributed by atoms with van der Waals surface area (Å²) in [6.45, 7) is 5.19. The van der Waals surface area contributed by atoms with Crippen molar-refractivity contribution in [1.82, 2.24) is 9.55 Å². The zero-order valence-electron chi connectivity index (χ0n) is 11.7. The fourth-order valence-corrected chi connectivity index (χ4v) is 3.22. The molecule has 0 atom stereocenters. The molecule has 1 aromatic carbocycles. The van der Waals surface area contributed by atoms with Gasteiger partial charge in [0.25, 0.3) is 0 Å². The minimum absolute atomic E-state index is 0.0789. The van der Waals surface area contributed by atoms with Crippen LogP contribution in [0.4, 0.5) is 0 Å². The predicted octanol–water partition coefficient (Wildman–Crippen LogP) is 3.76. The standard InChI is InChI=1S/C16H18N2OS/c1-11(2)16-17-13(10-20-16)8-18-7-6-14-12(9-19)4-3-5-15(14)18/h3-7,10-11,19H,8-9H2,1-2H3. The van der Waals surface area contributed by atoms with Crippen LogP contribution in [0.1, 0.15) is 36.0 Å². The van der Waals surface area contributed by atoms with Crippen molar-refractivity contribution in [2.45, 2.75) is 32.9 Å². The van der Waals surface area contributed by atoms with Crippen LogP contribution in [0, 0.1) is 0 Å². The highest BCUT2D eigenvalue weighted by molar-refractivity contribution is 7.09. The molecule has 0 saturated heterocycles. The lowest BCUT2D eigenvalue weighted by Gasteiger charge is -2.05. The number of hydrogen-bond donors (Lipinski definition) is 1. The Morgan fingerprint density at radius 3 is 2.85 bits per heavy atom. The minimum Gasteiger partial charge on any atom is -0.392 e. The van der Waals surface area contributed by atoms with Crippen molar-refractivity contribution >= 4 is 22.2 Å². The second-order valence-corrected chi connectivity index (χ2v) is 6.17. The van der Waals surface area contributed by atoms with E-state index >= 15 is 0 Å². The van der Waals surface area contributed by atoms with E-state index in [1.165, 1.54) is 5.01 Å². The van der Waals surface area contributed by atoms with Gasteiger partial charge in [-0.25, -0.2) is 4.98 Å². The molecule has 0 aliphatic carbocycles. The van der Waals surface area contributed by atoms with Crippen LogP contribution in [0.3, 0.4) is 0 Å². The first kappa shape index (κ1) is 13.3. The van der Waals surface area contributed by atoms with E-state index in [4.69, 9.17) is 0 Å². The highest BCUT2D eigenvalue weighted by atomic mass is 32.1. The molecule has 0 fully saturated rings. The number of fused-ring (bicyclic) bond motifs is 1. The number of aromatic nitrogens is 2. The fourth-order valence-electron chi connectivity index (χ4n) is 2.40. The quantitative estimate of drug-likeness (QED) is 0.793. The van der Waals surface area contributed by atoms with Crippen molar-refractivity contribution in [3.05, 3.63) is 52.1 Å². The lowest BCUT2D eigenvalue weighted by molar-refractivity contribution is 0.283. The summed E-state index contributed by atoms with van der Waals surface area (Å²) in [6.07, 6.45) is 2.07. The molecule has 0 aliphatic rings. The number of rotatable bonds is 4. The summed E-state index contributed by atoms with van der Waals surface area (Å²) in [6, 6.07) is 8.11. The molecule has 2 aromatic heterocycles. The molecule has 20 heavy (non-hydrogen) atoms. The number of aliphatic hydroxyl groups excluding tert-OH is 1. The zero-order valence-corrected chi connectivity index (χ0v) is 12.5. The SMILES string of the molecule is CC(C)c1nc(Cn2ccc3c(CO)cccc32)cs1. The highest BCUT2D eigenvalue weighted by Gasteiger charge is 2.09. The van der Waals surface area contributed by atoms with Crippen LogP contribution in [-0.2, 0) is 13.2 Å². The topological polar surface area (TPSA) is 38.0 Å². The molecule has 104 valence electrons. The van der Waals surface area contributed by atoms with E-state index in [9.17, 15) is 5.11 Å². The van der Waals surface area contributed by atoms with Crippen LogP contribution in [0.5, 0.6) is 0 Å². The first-order valence-electron chi connectivity index (χ1n) is 6.81. The first-order chi connectivity index (χ1) is 9.69. The Morgan fingerprint density at radius 2 is 2.15 bits per heavy atom. The molecule has 0 bridgehead atoms. The Balaban J connectivity index is 1.94. The number of benzene rings is 1. The van der Waals surface area contributed by atoms with Crippen molar-refractivity contribution in [1.29, 1.82) is 0 Å². The first-order valence-corrected chi connectivity index (χ1v) is 7.69. The Bertz CT molecular complexity index is 727. The Labute approximate surface area is 122 Å². The summed E-state index contributed by atoms with van der Waals surface area (Å²) in [4.78, 5) is 4.68. The molecule has 3 rings (SSSR count). The van der Waals surface area contributed by atoms with Crippen molar-refractivity contribution in [3.63, 3.8) is 0 Å². The van der Waals surface area contributed by atoms with Crippen molar-refractivity contribution in [2.75, 3.05) is 0 Å². The summed E-state index contributed by atoms with van der Waals surface area (Å²) in [5, 5.41) is 13.8. The van der Waals surface area contributed by atoms with Gasteiger partial charge in [0.15, 0.2) is 0 Å². The van der Waals surface area contributed by atoms with Crippen molar-refractivity contribution < 1.29 is 5.11 Å². The average molecular weight is 286 g/mol. The molecule has 0 spiro atoms. The highest BCUT2D eigenvalue weighted by Crippen LogP contribution is 2.23. The van der Waals surface area contributed by atoms with Gasteiger partial charge in [0.05, 0.1) is 23.9 Å². The van der Waals surface area contributed by atoms with Gasteiger partial charge < -0.3 is 9.67 Å². The molecule has 0 saturated carbocycles. The largest absolute Gasteiger partial charge is 0.392 e. The molecular weight excluding hydrogens is 268 g/mol. The van der Waals surface area contributed by atoms with Gasteiger partial charge in [0.1, 0.15) is 0 Å². The van der Waals surface area contributed by atoms with E-state index in [0.29, 0.717) is 5.92 Å². The average Bonchev–Trinajstić information content (AvgIpc) is 3.06. The van der Waals surface area contributed by atoms with E-state index in [-0.39, 0.29) is 6.61 Å². The Morgan fingerprint density at radius 1 is 1.30 bits per heavy atom. The second kappa shape index (κ2) is 5.38. The molecule has 0 aliphatic heterocycles. The number of nitrogens with zero attached hydrogens (tertiary/aromatic N) is 2.